The highest BCUT2D eigenvalue weighted by Gasteiger charge is 2.53. The first kappa shape index (κ1) is 23.2. The molecule has 0 radical (unpaired) electrons. The van der Waals surface area contributed by atoms with E-state index in [2.05, 4.69) is 45.0 Å². The van der Waals surface area contributed by atoms with Gasteiger partial charge in [-0.2, -0.15) is 0 Å². The van der Waals surface area contributed by atoms with Crippen LogP contribution in [0.3, 0.4) is 0 Å². The molecule has 4 nitrogen and oxygen atoms in total. The molecule has 1 aliphatic heterocycles. The molecule has 1 atom stereocenters. The molecule has 0 aromatic heterocycles. The van der Waals surface area contributed by atoms with Gasteiger partial charge in [-0.3, -0.25) is 0 Å². The van der Waals surface area contributed by atoms with Gasteiger partial charge in [0.1, 0.15) is 19.0 Å². The zero-order valence-corrected chi connectivity index (χ0v) is 20.1. The van der Waals surface area contributed by atoms with Crippen LogP contribution in [0.4, 0.5) is 0 Å². The molecule has 0 saturated carbocycles. The van der Waals surface area contributed by atoms with Crippen LogP contribution in [-0.2, 0) is 18.8 Å². The van der Waals surface area contributed by atoms with Crippen molar-refractivity contribution in [3.8, 4) is 0 Å². The Morgan fingerprint density at radius 3 is 1.94 bits per heavy atom. The lowest BCUT2D eigenvalue weighted by atomic mass is 9.90. The number of carbonyl (C=O) groups is 2. The number of aldehydes is 1. The van der Waals surface area contributed by atoms with Crippen LogP contribution < -0.4 is 10.4 Å². The molecule has 1 aliphatic rings. The van der Waals surface area contributed by atoms with Crippen molar-refractivity contribution in [2.24, 2.45) is 5.41 Å². The molecule has 2 aromatic rings. The van der Waals surface area contributed by atoms with Gasteiger partial charge in [0.05, 0.1) is 5.57 Å². The van der Waals surface area contributed by atoms with E-state index in [0.29, 0.717) is 12.0 Å². The van der Waals surface area contributed by atoms with Crippen molar-refractivity contribution in [3.05, 3.63) is 72.3 Å². The maximum atomic E-state index is 12.6. The third-order valence-corrected chi connectivity index (χ3v) is 10.9. The third-order valence-electron chi connectivity index (χ3n) is 5.85. The topological polar surface area (TPSA) is 52.6 Å². The van der Waals surface area contributed by atoms with Crippen LogP contribution in [0.2, 0.25) is 5.04 Å². The molecule has 1 saturated heterocycles. The maximum absolute atomic E-state index is 12.6. The van der Waals surface area contributed by atoms with Crippen LogP contribution in [0.25, 0.3) is 0 Å². The molecule has 164 valence electrons. The molecule has 0 spiro atoms. The molecule has 0 aliphatic carbocycles. The maximum Gasteiger partial charge on any atom is 0.336 e. The van der Waals surface area contributed by atoms with Crippen molar-refractivity contribution in [3.63, 3.8) is 0 Å². The SMILES string of the molecule is CC(C)(C=O)C/C=C1/C(=O)OC[C@H]1O[Si](c1ccccc1)(c1ccccc1)C(C)(C)C. The van der Waals surface area contributed by atoms with Gasteiger partial charge in [-0.05, 0) is 21.8 Å². The summed E-state index contributed by atoms with van der Waals surface area (Å²) in [5.74, 6) is -0.357. The number of allylic oxidation sites excluding steroid dienone is 1. The number of ether oxygens (including phenoxy) is 1. The minimum absolute atomic E-state index is 0.191. The molecule has 0 unspecified atom stereocenters. The largest absolute Gasteiger partial charge is 0.459 e. The summed E-state index contributed by atoms with van der Waals surface area (Å²) in [5, 5.41) is 2.11. The summed E-state index contributed by atoms with van der Waals surface area (Å²) < 4.78 is 12.5. The fraction of sp³-hybridized carbons (Fsp3) is 0.385. The van der Waals surface area contributed by atoms with Gasteiger partial charge in [-0.15, -0.1) is 0 Å². The highest BCUT2D eigenvalue weighted by Crippen LogP contribution is 2.39. The minimum Gasteiger partial charge on any atom is -0.459 e. The number of carbonyl (C=O) groups excluding carboxylic acids is 2. The minimum atomic E-state index is -2.81. The predicted octanol–water partition coefficient (Wildman–Crippen LogP) is 4.03. The molecular weight excluding hydrogens is 404 g/mol. The Morgan fingerprint density at radius 2 is 1.48 bits per heavy atom. The van der Waals surface area contributed by atoms with Crippen LogP contribution >= 0.6 is 0 Å². The van der Waals surface area contributed by atoms with E-state index >= 15 is 0 Å². The lowest BCUT2D eigenvalue weighted by molar-refractivity contribution is -0.135. The monoisotopic (exact) mass is 436 g/mol. The Kier molecular flexibility index (Phi) is 6.67. The van der Waals surface area contributed by atoms with E-state index in [1.807, 2.05) is 56.3 Å². The second kappa shape index (κ2) is 8.93. The molecule has 3 rings (SSSR count). The van der Waals surface area contributed by atoms with Crippen molar-refractivity contribution in [2.45, 2.75) is 52.2 Å². The molecule has 0 N–H and O–H groups in total. The van der Waals surface area contributed by atoms with Crippen LogP contribution in [0.15, 0.2) is 72.3 Å². The Bertz CT molecular complexity index is 903. The summed E-state index contributed by atoms with van der Waals surface area (Å²) in [6, 6.07) is 20.7. The lowest BCUT2D eigenvalue weighted by Crippen LogP contribution is -2.67. The molecule has 5 heteroatoms. The smallest absolute Gasteiger partial charge is 0.336 e. The molecule has 1 fully saturated rings. The van der Waals surface area contributed by atoms with Gasteiger partial charge in [-0.25, -0.2) is 4.79 Å². The Morgan fingerprint density at radius 1 is 0.968 bits per heavy atom. The summed E-state index contributed by atoms with van der Waals surface area (Å²) in [4.78, 5) is 23.9. The summed E-state index contributed by atoms with van der Waals surface area (Å²) in [5.41, 5.74) is -0.0272. The summed E-state index contributed by atoms with van der Waals surface area (Å²) in [6.45, 7) is 10.5. The van der Waals surface area contributed by atoms with Crippen LogP contribution in [-0.4, -0.2) is 33.3 Å². The van der Waals surface area contributed by atoms with Crippen LogP contribution in [0.5, 0.6) is 0 Å². The van der Waals surface area contributed by atoms with E-state index < -0.39 is 19.8 Å². The van der Waals surface area contributed by atoms with Crippen molar-refractivity contribution in [1.82, 2.24) is 0 Å². The molecule has 1 heterocycles. The zero-order valence-electron chi connectivity index (χ0n) is 19.1. The number of hydrogen-bond donors (Lipinski definition) is 0. The molecular formula is C26H32O4Si. The van der Waals surface area contributed by atoms with Crippen molar-refractivity contribution in [2.75, 3.05) is 6.61 Å². The van der Waals surface area contributed by atoms with Gasteiger partial charge in [-0.1, -0.05) is 101 Å². The average Bonchev–Trinajstić information content (AvgIpc) is 3.10. The fourth-order valence-electron chi connectivity index (χ4n) is 4.09. The number of rotatable bonds is 7. The van der Waals surface area contributed by atoms with Gasteiger partial charge in [0.15, 0.2) is 0 Å². The lowest BCUT2D eigenvalue weighted by Gasteiger charge is -2.44. The second-order valence-electron chi connectivity index (χ2n) is 9.84. The molecule has 31 heavy (non-hydrogen) atoms. The molecule has 0 amide bonds. The van der Waals surface area contributed by atoms with E-state index in [-0.39, 0.29) is 17.6 Å². The average molecular weight is 437 g/mol. The van der Waals surface area contributed by atoms with Crippen molar-refractivity contribution < 1.29 is 18.8 Å². The Labute approximate surface area is 186 Å². The van der Waals surface area contributed by atoms with E-state index in [9.17, 15) is 9.59 Å². The van der Waals surface area contributed by atoms with Crippen LogP contribution in [0.1, 0.15) is 41.0 Å². The van der Waals surface area contributed by atoms with Gasteiger partial charge in [0, 0.05) is 5.41 Å². The quantitative estimate of drug-likeness (QED) is 0.285. The van der Waals surface area contributed by atoms with E-state index in [1.54, 1.807) is 0 Å². The van der Waals surface area contributed by atoms with Gasteiger partial charge in [0.2, 0.25) is 0 Å². The Balaban J connectivity index is 2.12. The number of benzene rings is 2. The molecule has 0 bridgehead atoms. The zero-order chi connectivity index (χ0) is 22.7. The van der Waals surface area contributed by atoms with E-state index in [4.69, 9.17) is 9.16 Å². The van der Waals surface area contributed by atoms with E-state index in [0.717, 1.165) is 16.7 Å². The first-order valence-electron chi connectivity index (χ1n) is 10.7. The number of cyclic esters (lactones) is 1. The third kappa shape index (κ3) is 4.73. The highest BCUT2D eigenvalue weighted by molar-refractivity contribution is 6.99. The summed E-state index contributed by atoms with van der Waals surface area (Å²) in [6.07, 6.45) is 2.73. The normalized spacial score (nSPS) is 18.8. The first-order valence-corrected chi connectivity index (χ1v) is 12.6. The second-order valence-corrected chi connectivity index (χ2v) is 14.1. The highest BCUT2D eigenvalue weighted by atomic mass is 28.4. The molecule has 2 aromatic carbocycles. The van der Waals surface area contributed by atoms with Crippen molar-refractivity contribution in [1.29, 1.82) is 0 Å². The van der Waals surface area contributed by atoms with E-state index in [1.165, 1.54) is 0 Å². The summed E-state index contributed by atoms with van der Waals surface area (Å²) >= 11 is 0. The van der Waals surface area contributed by atoms with Crippen LogP contribution in [0, 0.1) is 5.41 Å². The fourth-order valence-corrected chi connectivity index (χ4v) is 8.73. The van der Waals surface area contributed by atoms with Gasteiger partial charge < -0.3 is 14.0 Å². The van der Waals surface area contributed by atoms with Crippen molar-refractivity contribution >= 4 is 30.9 Å². The van der Waals surface area contributed by atoms with Gasteiger partial charge in [0.25, 0.3) is 8.32 Å². The van der Waals surface area contributed by atoms with Gasteiger partial charge >= 0.3 is 5.97 Å². The number of hydrogen-bond acceptors (Lipinski definition) is 4. The predicted molar refractivity (Wildman–Crippen MR) is 126 cm³/mol. The Hall–Kier alpha value is -2.50. The number of esters is 1. The first-order chi connectivity index (χ1) is 14.6. The summed E-state index contributed by atoms with van der Waals surface area (Å²) in [7, 11) is -2.81. The standard InChI is InChI=1S/C26H32O4Si/c1-25(2,3)31(20-12-8-6-9-13-20,21-14-10-7-11-15-21)30-23-18-29-24(28)22(23)16-17-26(4,5)19-27/h6-16,19,23H,17-18H2,1-5H3/b22-16+/t23-/m1/s1.